The molecule has 0 aliphatic carbocycles. The van der Waals surface area contributed by atoms with E-state index in [0.29, 0.717) is 24.8 Å². The summed E-state index contributed by atoms with van der Waals surface area (Å²) >= 11 is 3.37. The SMILES string of the molecule is CC(Oc1ccc(Br)cc1)C(=O)NCCOc1ccccc1C(C)C. The van der Waals surface area contributed by atoms with E-state index >= 15 is 0 Å². The van der Waals surface area contributed by atoms with Crippen LogP contribution in [-0.4, -0.2) is 25.2 Å². The van der Waals surface area contributed by atoms with Crippen molar-refractivity contribution in [2.45, 2.75) is 32.8 Å². The molecule has 0 saturated heterocycles. The van der Waals surface area contributed by atoms with Gasteiger partial charge in [0.15, 0.2) is 6.10 Å². The molecule has 1 unspecified atom stereocenters. The zero-order chi connectivity index (χ0) is 18.2. The largest absolute Gasteiger partial charge is 0.491 e. The minimum atomic E-state index is -0.566. The van der Waals surface area contributed by atoms with Gasteiger partial charge in [0.2, 0.25) is 0 Å². The number of nitrogens with one attached hydrogen (secondary N) is 1. The maximum Gasteiger partial charge on any atom is 0.260 e. The van der Waals surface area contributed by atoms with E-state index in [2.05, 4.69) is 41.2 Å². The first-order chi connectivity index (χ1) is 12.0. The highest BCUT2D eigenvalue weighted by Gasteiger charge is 2.14. The van der Waals surface area contributed by atoms with Crippen LogP contribution in [0.5, 0.6) is 11.5 Å². The lowest BCUT2D eigenvalue weighted by atomic mass is 10.0. The average Bonchev–Trinajstić information content (AvgIpc) is 2.60. The number of benzene rings is 2. The Balaban J connectivity index is 1.76. The van der Waals surface area contributed by atoms with Crippen molar-refractivity contribution < 1.29 is 14.3 Å². The third-order valence-corrected chi connectivity index (χ3v) is 4.22. The van der Waals surface area contributed by atoms with Crippen molar-refractivity contribution in [3.8, 4) is 11.5 Å². The van der Waals surface area contributed by atoms with Crippen LogP contribution in [-0.2, 0) is 4.79 Å². The molecule has 0 heterocycles. The zero-order valence-electron chi connectivity index (χ0n) is 14.8. The fourth-order valence-electron chi connectivity index (χ4n) is 2.34. The Kier molecular flexibility index (Phi) is 7.31. The minimum Gasteiger partial charge on any atom is -0.491 e. The molecule has 5 heteroatoms. The third kappa shape index (κ3) is 6.09. The second-order valence-corrected chi connectivity index (χ2v) is 6.96. The number of hydrogen-bond donors (Lipinski definition) is 1. The van der Waals surface area contributed by atoms with E-state index < -0.39 is 6.10 Å². The molecule has 0 aliphatic rings. The molecule has 4 nitrogen and oxygen atoms in total. The van der Waals surface area contributed by atoms with E-state index in [1.165, 1.54) is 5.56 Å². The van der Waals surface area contributed by atoms with Crippen molar-refractivity contribution >= 4 is 21.8 Å². The normalized spacial score (nSPS) is 11.9. The van der Waals surface area contributed by atoms with Gasteiger partial charge >= 0.3 is 0 Å². The number of amides is 1. The summed E-state index contributed by atoms with van der Waals surface area (Å²) in [6, 6.07) is 15.4. The van der Waals surface area contributed by atoms with Gasteiger partial charge in [-0.1, -0.05) is 48.0 Å². The van der Waals surface area contributed by atoms with Crippen LogP contribution in [0.2, 0.25) is 0 Å². The number of ether oxygens (including phenoxy) is 2. The highest BCUT2D eigenvalue weighted by Crippen LogP contribution is 2.25. The van der Waals surface area contributed by atoms with Crippen molar-refractivity contribution in [1.82, 2.24) is 5.32 Å². The predicted molar refractivity (Wildman–Crippen MR) is 103 cm³/mol. The van der Waals surface area contributed by atoms with Gasteiger partial charge in [0.05, 0.1) is 6.54 Å². The monoisotopic (exact) mass is 405 g/mol. The number of carbonyl (C=O) groups excluding carboxylic acids is 1. The second-order valence-electron chi connectivity index (χ2n) is 6.05. The summed E-state index contributed by atoms with van der Waals surface area (Å²) in [4.78, 5) is 12.1. The van der Waals surface area contributed by atoms with Crippen LogP contribution in [0.15, 0.2) is 53.0 Å². The molecule has 1 atom stereocenters. The van der Waals surface area contributed by atoms with Crippen molar-refractivity contribution in [2.75, 3.05) is 13.2 Å². The Hall–Kier alpha value is -2.01. The fourth-order valence-corrected chi connectivity index (χ4v) is 2.60. The summed E-state index contributed by atoms with van der Waals surface area (Å²) in [5.74, 6) is 1.76. The Morgan fingerprint density at radius 1 is 1.08 bits per heavy atom. The van der Waals surface area contributed by atoms with E-state index in [0.717, 1.165) is 10.2 Å². The molecule has 2 rings (SSSR count). The van der Waals surface area contributed by atoms with Crippen molar-refractivity contribution in [1.29, 1.82) is 0 Å². The number of hydrogen-bond acceptors (Lipinski definition) is 3. The van der Waals surface area contributed by atoms with Crippen LogP contribution in [0, 0.1) is 0 Å². The van der Waals surface area contributed by atoms with Crippen LogP contribution in [0.25, 0.3) is 0 Å². The smallest absolute Gasteiger partial charge is 0.260 e. The predicted octanol–water partition coefficient (Wildman–Crippen LogP) is 4.54. The Morgan fingerprint density at radius 2 is 1.76 bits per heavy atom. The molecule has 25 heavy (non-hydrogen) atoms. The first-order valence-corrected chi connectivity index (χ1v) is 9.18. The molecule has 0 saturated carbocycles. The van der Waals surface area contributed by atoms with E-state index in [9.17, 15) is 4.79 Å². The lowest BCUT2D eigenvalue weighted by Gasteiger charge is -2.16. The number of halogens is 1. The highest BCUT2D eigenvalue weighted by molar-refractivity contribution is 9.10. The summed E-state index contributed by atoms with van der Waals surface area (Å²) < 4.78 is 12.4. The third-order valence-electron chi connectivity index (χ3n) is 3.70. The molecule has 0 aliphatic heterocycles. The van der Waals surface area contributed by atoms with Crippen LogP contribution in [0.3, 0.4) is 0 Å². The molecule has 0 radical (unpaired) electrons. The molecular formula is C20H24BrNO3. The molecule has 2 aromatic rings. The lowest BCUT2D eigenvalue weighted by molar-refractivity contribution is -0.127. The molecule has 1 N–H and O–H groups in total. The number of rotatable bonds is 8. The molecule has 1 amide bonds. The summed E-state index contributed by atoms with van der Waals surface area (Å²) in [5.41, 5.74) is 1.17. The van der Waals surface area contributed by atoms with Gasteiger partial charge in [-0.15, -0.1) is 0 Å². The highest BCUT2D eigenvalue weighted by atomic mass is 79.9. The van der Waals surface area contributed by atoms with E-state index in [1.54, 1.807) is 6.92 Å². The topological polar surface area (TPSA) is 47.6 Å². The molecule has 134 valence electrons. The van der Waals surface area contributed by atoms with Gasteiger partial charge in [-0.25, -0.2) is 0 Å². The van der Waals surface area contributed by atoms with Gasteiger partial charge in [0.1, 0.15) is 18.1 Å². The fraction of sp³-hybridized carbons (Fsp3) is 0.350. The van der Waals surface area contributed by atoms with Gasteiger partial charge in [0, 0.05) is 4.47 Å². The van der Waals surface area contributed by atoms with Gasteiger partial charge in [-0.3, -0.25) is 4.79 Å². The van der Waals surface area contributed by atoms with Crippen LogP contribution >= 0.6 is 15.9 Å². The zero-order valence-corrected chi connectivity index (χ0v) is 16.4. The maximum absolute atomic E-state index is 12.1. The number of para-hydroxylation sites is 1. The Morgan fingerprint density at radius 3 is 2.44 bits per heavy atom. The standard InChI is InChI=1S/C20H24BrNO3/c1-14(2)18-6-4-5-7-19(18)24-13-12-22-20(23)15(3)25-17-10-8-16(21)9-11-17/h4-11,14-15H,12-13H2,1-3H3,(H,22,23). The Bertz CT molecular complexity index is 686. The molecular weight excluding hydrogens is 382 g/mol. The molecule has 2 aromatic carbocycles. The van der Waals surface area contributed by atoms with E-state index in [4.69, 9.17) is 9.47 Å². The minimum absolute atomic E-state index is 0.163. The molecule has 0 spiro atoms. The maximum atomic E-state index is 12.1. The summed E-state index contributed by atoms with van der Waals surface area (Å²) in [5, 5.41) is 2.83. The van der Waals surface area contributed by atoms with E-state index in [-0.39, 0.29) is 5.91 Å². The average molecular weight is 406 g/mol. The quantitative estimate of drug-likeness (QED) is 0.655. The summed E-state index contributed by atoms with van der Waals surface area (Å²) in [7, 11) is 0. The summed E-state index contributed by atoms with van der Waals surface area (Å²) in [6.07, 6.45) is -0.566. The Labute approximate surface area is 157 Å². The van der Waals surface area contributed by atoms with Gasteiger partial charge in [0.25, 0.3) is 5.91 Å². The van der Waals surface area contributed by atoms with Crippen molar-refractivity contribution in [3.63, 3.8) is 0 Å². The molecule has 0 fully saturated rings. The summed E-state index contributed by atoms with van der Waals surface area (Å²) in [6.45, 7) is 6.84. The van der Waals surface area contributed by atoms with Crippen LogP contribution < -0.4 is 14.8 Å². The molecule has 0 aromatic heterocycles. The first kappa shape index (κ1) is 19.3. The lowest BCUT2D eigenvalue weighted by Crippen LogP contribution is -2.38. The molecule has 0 bridgehead atoms. The van der Waals surface area contributed by atoms with Gasteiger partial charge < -0.3 is 14.8 Å². The first-order valence-electron chi connectivity index (χ1n) is 8.39. The second kappa shape index (κ2) is 9.47. The van der Waals surface area contributed by atoms with Gasteiger partial charge in [-0.2, -0.15) is 0 Å². The number of carbonyl (C=O) groups is 1. The van der Waals surface area contributed by atoms with Crippen LogP contribution in [0.4, 0.5) is 0 Å². The van der Waals surface area contributed by atoms with Crippen LogP contribution in [0.1, 0.15) is 32.3 Å². The van der Waals surface area contributed by atoms with Crippen molar-refractivity contribution in [3.05, 3.63) is 58.6 Å². The van der Waals surface area contributed by atoms with Crippen molar-refractivity contribution in [2.24, 2.45) is 0 Å². The van der Waals surface area contributed by atoms with Gasteiger partial charge in [-0.05, 0) is 48.7 Å². The van der Waals surface area contributed by atoms with E-state index in [1.807, 2.05) is 42.5 Å².